The van der Waals surface area contributed by atoms with Gasteiger partial charge in [0.15, 0.2) is 11.4 Å². The van der Waals surface area contributed by atoms with Crippen LogP contribution in [0.2, 0.25) is 10.0 Å². The number of nitro groups is 1. The van der Waals surface area contributed by atoms with Gasteiger partial charge < -0.3 is 14.0 Å². The number of ether oxygens (including phenoxy) is 2. The number of carbonyl (C=O) groups is 2. The van der Waals surface area contributed by atoms with Gasteiger partial charge in [0.2, 0.25) is 0 Å². The number of halogens is 2. The number of benzene rings is 2. The molecular weight excluding hydrogens is 469 g/mol. The SMILES string of the molecule is CCOC(=O)Cn1c(=NC(=O)COc2ccc(Cl)cc2Cl)sc2cc([N+](=O)[O-])ccc21. The Labute approximate surface area is 189 Å². The van der Waals surface area contributed by atoms with Crippen LogP contribution in [0, 0.1) is 10.1 Å². The molecular formula is C19H15Cl2N3O6S. The summed E-state index contributed by atoms with van der Waals surface area (Å²) < 4.78 is 12.3. The first-order chi connectivity index (χ1) is 14.8. The van der Waals surface area contributed by atoms with E-state index in [2.05, 4.69) is 4.99 Å². The summed E-state index contributed by atoms with van der Waals surface area (Å²) in [5, 5.41) is 11.7. The largest absolute Gasteiger partial charge is 0.482 e. The lowest BCUT2D eigenvalue weighted by Crippen LogP contribution is -2.24. The summed E-state index contributed by atoms with van der Waals surface area (Å²) in [5.74, 6) is -0.899. The zero-order chi connectivity index (χ0) is 22.5. The Bertz CT molecular complexity index is 1240. The van der Waals surface area contributed by atoms with Gasteiger partial charge in [-0.15, -0.1) is 0 Å². The molecule has 0 saturated carbocycles. The predicted molar refractivity (Wildman–Crippen MR) is 116 cm³/mol. The Morgan fingerprint density at radius 3 is 2.68 bits per heavy atom. The van der Waals surface area contributed by atoms with Crippen LogP contribution >= 0.6 is 34.5 Å². The summed E-state index contributed by atoms with van der Waals surface area (Å²) in [4.78, 5) is 39.1. The summed E-state index contributed by atoms with van der Waals surface area (Å²) in [6.07, 6.45) is 0. The zero-order valence-corrected chi connectivity index (χ0v) is 18.4. The highest BCUT2D eigenvalue weighted by Crippen LogP contribution is 2.27. The zero-order valence-electron chi connectivity index (χ0n) is 16.0. The van der Waals surface area contributed by atoms with Crippen LogP contribution in [0.3, 0.4) is 0 Å². The fourth-order valence-corrected chi connectivity index (χ4v) is 4.16. The van der Waals surface area contributed by atoms with E-state index in [9.17, 15) is 19.7 Å². The van der Waals surface area contributed by atoms with Crippen molar-refractivity contribution < 1.29 is 24.0 Å². The highest BCUT2D eigenvalue weighted by molar-refractivity contribution is 7.16. The molecule has 0 saturated heterocycles. The van der Waals surface area contributed by atoms with Crippen molar-refractivity contribution in [2.24, 2.45) is 4.99 Å². The van der Waals surface area contributed by atoms with Crippen molar-refractivity contribution in [1.82, 2.24) is 4.57 Å². The van der Waals surface area contributed by atoms with Crippen LogP contribution in [0.5, 0.6) is 5.75 Å². The van der Waals surface area contributed by atoms with Crippen molar-refractivity contribution in [3.63, 3.8) is 0 Å². The average molecular weight is 484 g/mol. The second-order valence-electron chi connectivity index (χ2n) is 6.05. The van der Waals surface area contributed by atoms with Gasteiger partial charge in [-0.3, -0.25) is 19.7 Å². The molecule has 2 aromatic carbocycles. The van der Waals surface area contributed by atoms with E-state index in [1.807, 2.05) is 0 Å². The number of aromatic nitrogens is 1. The van der Waals surface area contributed by atoms with E-state index < -0.39 is 23.4 Å². The molecule has 3 rings (SSSR count). The van der Waals surface area contributed by atoms with Gasteiger partial charge in [-0.05, 0) is 31.2 Å². The smallest absolute Gasteiger partial charge is 0.326 e. The molecule has 3 aromatic rings. The summed E-state index contributed by atoms with van der Waals surface area (Å²) in [5.41, 5.74) is 0.396. The first kappa shape index (κ1) is 22.7. The molecule has 0 aliphatic rings. The molecule has 0 atom stereocenters. The van der Waals surface area contributed by atoms with E-state index in [0.29, 0.717) is 15.2 Å². The third-order valence-electron chi connectivity index (χ3n) is 3.94. The summed E-state index contributed by atoms with van der Waals surface area (Å²) in [6, 6.07) is 8.74. The molecule has 0 bridgehead atoms. The second-order valence-corrected chi connectivity index (χ2v) is 7.91. The predicted octanol–water partition coefficient (Wildman–Crippen LogP) is 3.99. The topological polar surface area (TPSA) is 113 Å². The summed E-state index contributed by atoms with van der Waals surface area (Å²) in [6.45, 7) is 1.25. The molecule has 0 N–H and O–H groups in total. The van der Waals surface area contributed by atoms with Gasteiger partial charge in [-0.1, -0.05) is 34.5 Å². The standard InChI is InChI=1S/C19H15Cl2N3O6S/c1-2-29-18(26)9-23-14-5-4-12(24(27)28)8-16(14)31-19(23)22-17(25)10-30-15-6-3-11(20)7-13(15)21/h3-8H,2,9-10H2,1H3. The number of hydrogen-bond donors (Lipinski definition) is 0. The lowest BCUT2D eigenvalue weighted by Gasteiger charge is -2.06. The number of nitrogens with zero attached hydrogens (tertiary/aromatic N) is 3. The Balaban J connectivity index is 1.93. The van der Waals surface area contributed by atoms with Crippen molar-refractivity contribution in [1.29, 1.82) is 0 Å². The third-order valence-corrected chi connectivity index (χ3v) is 5.51. The molecule has 9 nitrogen and oxygen atoms in total. The molecule has 162 valence electrons. The molecule has 0 aliphatic heterocycles. The van der Waals surface area contributed by atoms with E-state index in [1.54, 1.807) is 13.0 Å². The van der Waals surface area contributed by atoms with Crippen LogP contribution in [0.1, 0.15) is 6.92 Å². The Morgan fingerprint density at radius 2 is 2.00 bits per heavy atom. The minimum Gasteiger partial charge on any atom is -0.482 e. The van der Waals surface area contributed by atoms with Crippen molar-refractivity contribution in [3.8, 4) is 5.75 Å². The van der Waals surface area contributed by atoms with Gasteiger partial charge in [-0.2, -0.15) is 4.99 Å². The van der Waals surface area contributed by atoms with E-state index in [4.69, 9.17) is 32.7 Å². The van der Waals surface area contributed by atoms with Gasteiger partial charge in [-0.25, -0.2) is 0 Å². The Kier molecular flexibility index (Phi) is 7.26. The molecule has 0 unspecified atom stereocenters. The fourth-order valence-electron chi connectivity index (χ4n) is 2.62. The van der Waals surface area contributed by atoms with E-state index in [-0.39, 0.29) is 34.4 Å². The van der Waals surface area contributed by atoms with Gasteiger partial charge in [0.25, 0.3) is 11.6 Å². The number of amides is 1. The first-order valence-electron chi connectivity index (χ1n) is 8.87. The van der Waals surface area contributed by atoms with Crippen molar-refractivity contribution in [2.45, 2.75) is 13.5 Å². The molecule has 0 aliphatic carbocycles. The van der Waals surface area contributed by atoms with Crippen molar-refractivity contribution >= 4 is 62.3 Å². The minimum absolute atomic E-state index is 0.115. The molecule has 31 heavy (non-hydrogen) atoms. The number of non-ortho nitro benzene ring substituents is 1. The monoisotopic (exact) mass is 483 g/mol. The first-order valence-corrected chi connectivity index (χ1v) is 10.4. The van der Waals surface area contributed by atoms with Gasteiger partial charge in [0, 0.05) is 17.2 Å². The number of esters is 1. The van der Waals surface area contributed by atoms with Crippen LogP contribution in [-0.2, 0) is 20.9 Å². The molecule has 1 amide bonds. The van der Waals surface area contributed by atoms with Crippen LogP contribution in [0.15, 0.2) is 41.4 Å². The fraction of sp³-hybridized carbons (Fsp3) is 0.211. The van der Waals surface area contributed by atoms with Crippen LogP contribution in [0.25, 0.3) is 10.2 Å². The number of hydrogen-bond acceptors (Lipinski definition) is 7. The quantitative estimate of drug-likeness (QED) is 0.285. The number of thiazole rings is 1. The maximum Gasteiger partial charge on any atom is 0.326 e. The normalized spacial score (nSPS) is 11.5. The number of nitro benzene ring substituents is 1. The lowest BCUT2D eigenvalue weighted by atomic mass is 10.3. The molecule has 0 spiro atoms. The van der Waals surface area contributed by atoms with Crippen molar-refractivity contribution in [3.05, 3.63) is 61.4 Å². The highest BCUT2D eigenvalue weighted by atomic mass is 35.5. The van der Waals surface area contributed by atoms with Gasteiger partial charge in [0.1, 0.15) is 12.3 Å². The van der Waals surface area contributed by atoms with Gasteiger partial charge in [0.05, 0.1) is 26.8 Å². The molecule has 12 heteroatoms. The summed E-state index contributed by atoms with van der Waals surface area (Å²) >= 11 is 12.9. The number of carbonyl (C=O) groups excluding carboxylic acids is 2. The Hall–Kier alpha value is -2.95. The maximum absolute atomic E-state index is 12.4. The molecule has 1 heterocycles. The average Bonchev–Trinajstić information content (AvgIpc) is 3.03. The molecule has 0 radical (unpaired) electrons. The maximum atomic E-state index is 12.4. The van der Waals surface area contributed by atoms with E-state index >= 15 is 0 Å². The minimum atomic E-state index is -0.635. The third kappa shape index (κ3) is 5.60. The van der Waals surface area contributed by atoms with Crippen LogP contribution in [0.4, 0.5) is 5.69 Å². The lowest BCUT2D eigenvalue weighted by molar-refractivity contribution is -0.384. The van der Waals surface area contributed by atoms with Crippen molar-refractivity contribution in [2.75, 3.05) is 13.2 Å². The van der Waals surface area contributed by atoms with E-state index in [1.165, 1.54) is 34.9 Å². The molecule has 1 aromatic heterocycles. The molecule has 0 fully saturated rings. The highest BCUT2D eigenvalue weighted by Gasteiger charge is 2.15. The van der Waals surface area contributed by atoms with Crippen LogP contribution in [-0.4, -0.2) is 34.6 Å². The van der Waals surface area contributed by atoms with Crippen LogP contribution < -0.4 is 9.54 Å². The number of fused-ring (bicyclic) bond motifs is 1. The Morgan fingerprint density at radius 1 is 1.23 bits per heavy atom. The number of rotatable bonds is 7. The second kappa shape index (κ2) is 9.90. The van der Waals surface area contributed by atoms with E-state index in [0.717, 1.165) is 11.3 Å². The van der Waals surface area contributed by atoms with Gasteiger partial charge >= 0.3 is 5.97 Å². The summed E-state index contributed by atoms with van der Waals surface area (Å²) in [7, 11) is 0.